The van der Waals surface area contributed by atoms with Gasteiger partial charge in [-0.2, -0.15) is 109 Å². The van der Waals surface area contributed by atoms with Crippen molar-refractivity contribution in [2.75, 3.05) is 0 Å². The maximum absolute atomic E-state index is 3.63. The van der Waals surface area contributed by atoms with Gasteiger partial charge in [-0.3, -0.25) is 0 Å². The van der Waals surface area contributed by atoms with Crippen molar-refractivity contribution in [1.29, 1.82) is 0 Å². The Labute approximate surface area is 306 Å². The van der Waals surface area contributed by atoms with Gasteiger partial charge in [0.05, 0.1) is 0 Å². The van der Waals surface area contributed by atoms with Crippen LogP contribution in [0.5, 0.6) is 0 Å². The minimum Gasteiger partial charge on any atom is -0.184 e. The van der Waals surface area contributed by atoms with Gasteiger partial charge in [-0.15, -0.1) is 17.7 Å². The van der Waals surface area contributed by atoms with Crippen LogP contribution in [0.3, 0.4) is 0 Å². The normalized spacial score (nSPS) is 9.47. The molecule has 0 aliphatic heterocycles. The molecular formula is C48H36Pt-2. The van der Waals surface area contributed by atoms with Crippen LogP contribution in [0.25, 0.3) is 44.5 Å². The van der Waals surface area contributed by atoms with Gasteiger partial charge in [0.25, 0.3) is 0 Å². The van der Waals surface area contributed by atoms with Crippen molar-refractivity contribution < 1.29 is 21.1 Å². The molecule has 240 valence electrons. The van der Waals surface area contributed by atoms with Crippen LogP contribution in [0.4, 0.5) is 0 Å². The van der Waals surface area contributed by atoms with Gasteiger partial charge < -0.3 is 0 Å². The summed E-state index contributed by atoms with van der Waals surface area (Å²) in [5, 5.41) is 0. The third-order valence-electron chi connectivity index (χ3n) is 7.22. The first kappa shape index (κ1) is 36.3. The van der Waals surface area contributed by atoms with Crippen molar-refractivity contribution in [2.24, 2.45) is 0 Å². The Kier molecular flexibility index (Phi) is 15.8. The number of benzene rings is 8. The molecule has 0 atom stereocenters. The molecule has 0 heterocycles. The van der Waals surface area contributed by atoms with E-state index in [2.05, 4.69) is 152 Å². The summed E-state index contributed by atoms with van der Waals surface area (Å²) in [7, 11) is 0. The van der Waals surface area contributed by atoms with Crippen LogP contribution in [0, 0.1) is 24.3 Å². The zero-order valence-electron chi connectivity index (χ0n) is 27.1. The summed E-state index contributed by atoms with van der Waals surface area (Å²) in [5.74, 6) is 0. The molecule has 0 fully saturated rings. The fraction of sp³-hybridized carbons (Fsp3) is 0. The van der Waals surface area contributed by atoms with Crippen LogP contribution in [-0.4, -0.2) is 0 Å². The average Bonchev–Trinajstić information content (AvgIpc) is 3.21. The predicted octanol–water partition coefficient (Wildman–Crippen LogP) is 12.6. The van der Waals surface area contributed by atoms with E-state index in [0.29, 0.717) is 0 Å². The van der Waals surface area contributed by atoms with Crippen molar-refractivity contribution in [2.45, 2.75) is 0 Å². The fourth-order valence-corrected chi connectivity index (χ4v) is 5.05. The van der Waals surface area contributed by atoms with Crippen LogP contribution < -0.4 is 0 Å². The van der Waals surface area contributed by atoms with Crippen LogP contribution in [0.15, 0.2) is 218 Å². The van der Waals surface area contributed by atoms with E-state index in [4.69, 9.17) is 0 Å². The van der Waals surface area contributed by atoms with Gasteiger partial charge in [-0.05, 0) is 5.56 Å². The Morgan fingerprint density at radius 3 is 0.918 bits per heavy atom. The molecule has 49 heavy (non-hydrogen) atoms. The molecule has 0 aliphatic rings. The average molecular weight is 808 g/mol. The second-order valence-electron chi connectivity index (χ2n) is 10.5. The van der Waals surface area contributed by atoms with Gasteiger partial charge in [0, 0.05) is 0 Å². The van der Waals surface area contributed by atoms with Crippen LogP contribution in [0.1, 0.15) is 0 Å². The molecular weight excluding hydrogens is 772 g/mol. The number of hydrogen-bond donors (Lipinski definition) is 0. The molecule has 0 aliphatic carbocycles. The molecule has 8 rings (SSSR count). The minimum absolute atomic E-state index is 0. The first-order valence-electron chi connectivity index (χ1n) is 16.0. The Morgan fingerprint density at radius 1 is 0.286 bits per heavy atom. The molecule has 0 saturated carbocycles. The molecule has 0 saturated heterocycles. The molecule has 0 aromatic heterocycles. The standard InChI is InChI=1S/C30H21.3C6H5.Pt/c1-5-13-23(14-6-1)27-21-22-28(24-15-7-2-8-16-24)30(26-19-11-4-12-20-26)29(27)25-17-9-3-10-18-25;3*1-2-4-6-5-3-1;/h1-21H;3*1-5H;/q4*-1;+2. The Balaban J connectivity index is 0.000000230. The van der Waals surface area contributed by atoms with Gasteiger partial charge in [0.2, 0.25) is 0 Å². The topological polar surface area (TPSA) is 0 Å². The van der Waals surface area contributed by atoms with Crippen molar-refractivity contribution >= 4 is 0 Å². The molecule has 0 unspecified atom stereocenters. The van der Waals surface area contributed by atoms with E-state index < -0.39 is 0 Å². The maximum Gasteiger partial charge on any atom is 2.00 e. The van der Waals surface area contributed by atoms with Crippen LogP contribution in [-0.2, 0) is 21.1 Å². The number of rotatable bonds is 4. The van der Waals surface area contributed by atoms with E-state index in [9.17, 15) is 0 Å². The van der Waals surface area contributed by atoms with Crippen LogP contribution in [0.2, 0.25) is 0 Å². The van der Waals surface area contributed by atoms with E-state index in [1.165, 1.54) is 38.9 Å². The predicted molar refractivity (Wildman–Crippen MR) is 203 cm³/mol. The van der Waals surface area contributed by atoms with Crippen molar-refractivity contribution in [1.82, 2.24) is 0 Å². The van der Waals surface area contributed by atoms with Gasteiger partial charge in [0.15, 0.2) is 0 Å². The zero-order valence-corrected chi connectivity index (χ0v) is 29.4. The molecule has 0 amide bonds. The largest absolute Gasteiger partial charge is 2.00 e. The summed E-state index contributed by atoms with van der Waals surface area (Å²) in [6, 6.07) is 85.8. The van der Waals surface area contributed by atoms with Gasteiger partial charge in [-0.1, -0.05) is 155 Å². The van der Waals surface area contributed by atoms with Gasteiger partial charge in [-0.25, -0.2) is 0 Å². The molecule has 0 nitrogen and oxygen atoms in total. The summed E-state index contributed by atoms with van der Waals surface area (Å²) in [4.78, 5) is 0. The minimum atomic E-state index is 0. The second kappa shape index (κ2) is 21.3. The number of hydrogen-bond acceptors (Lipinski definition) is 0. The van der Waals surface area contributed by atoms with E-state index in [-0.39, 0.29) is 21.1 Å². The third-order valence-corrected chi connectivity index (χ3v) is 7.22. The molecule has 0 bridgehead atoms. The zero-order chi connectivity index (χ0) is 32.9. The Morgan fingerprint density at radius 2 is 0.592 bits per heavy atom. The summed E-state index contributed by atoms with van der Waals surface area (Å²) < 4.78 is 0. The summed E-state index contributed by atoms with van der Waals surface area (Å²) in [6.45, 7) is 0. The Hall–Kier alpha value is -5.55. The molecule has 0 spiro atoms. The molecule has 0 N–H and O–H groups in total. The molecule has 8 aromatic carbocycles. The molecule has 1 heteroatoms. The van der Waals surface area contributed by atoms with E-state index in [1.54, 1.807) is 0 Å². The third kappa shape index (κ3) is 11.6. The summed E-state index contributed by atoms with van der Waals surface area (Å²) in [6.07, 6.45) is 0. The smallest absolute Gasteiger partial charge is 0.184 e. The van der Waals surface area contributed by atoms with Crippen LogP contribution >= 0.6 is 0 Å². The molecule has 8 aromatic rings. The molecule has 0 radical (unpaired) electrons. The summed E-state index contributed by atoms with van der Waals surface area (Å²) >= 11 is 0. The summed E-state index contributed by atoms with van der Waals surface area (Å²) in [5.41, 5.74) is 9.56. The first-order chi connectivity index (χ1) is 23.9. The van der Waals surface area contributed by atoms with Crippen molar-refractivity contribution in [3.05, 3.63) is 243 Å². The maximum atomic E-state index is 3.63. The quantitative estimate of drug-likeness (QED) is 0.155. The Bertz CT molecular complexity index is 1700. The van der Waals surface area contributed by atoms with Crippen molar-refractivity contribution in [3.8, 4) is 44.5 Å². The fourth-order valence-electron chi connectivity index (χ4n) is 5.05. The van der Waals surface area contributed by atoms with E-state index in [0.717, 1.165) is 5.56 Å². The van der Waals surface area contributed by atoms with E-state index in [1.807, 2.05) is 91.0 Å². The van der Waals surface area contributed by atoms with E-state index >= 15 is 0 Å². The SMILES string of the molecule is [Pt+2].[c-]1cc(-c2ccccc2)c(-c2ccccc2)c(-c2ccccc2)c1-c1ccccc1.[c-]1ccccc1.[c-]1ccccc1.[c-]1ccccc1. The van der Waals surface area contributed by atoms with Crippen molar-refractivity contribution in [3.63, 3.8) is 0 Å². The van der Waals surface area contributed by atoms with Gasteiger partial charge >= 0.3 is 21.1 Å². The van der Waals surface area contributed by atoms with Gasteiger partial charge in [0.1, 0.15) is 0 Å². The monoisotopic (exact) mass is 807 g/mol. The second-order valence-corrected chi connectivity index (χ2v) is 10.5. The first-order valence-corrected chi connectivity index (χ1v) is 16.0.